The normalized spacial score (nSPS) is 13.1. The maximum atomic E-state index is 17.1. The number of aryl methyl sites for hydroxylation is 1. The lowest BCUT2D eigenvalue weighted by atomic mass is 9.93. The Bertz CT molecular complexity index is 2550. The summed E-state index contributed by atoms with van der Waals surface area (Å²) in [7, 11) is 4.63. The third kappa shape index (κ3) is 8.79. The number of aromatic amines is 2. The molecule has 1 aliphatic rings. The van der Waals surface area contributed by atoms with Crippen molar-refractivity contribution in [1.82, 2.24) is 15.0 Å². The Morgan fingerprint density at radius 3 is 1.93 bits per heavy atom. The van der Waals surface area contributed by atoms with Gasteiger partial charge >= 0.3 is 11.9 Å². The second kappa shape index (κ2) is 17.5. The lowest BCUT2D eigenvalue weighted by Gasteiger charge is -2.28. The molecule has 1 aliphatic heterocycles. The van der Waals surface area contributed by atoms with Crippen LogP contribution in [0.3, 0.4) is 0 Å². The van der Waals surface area contributed by atoms with Crippen LogP contribution in [0.1, 0.15) is 33.4 Å². The number of ether oxygens (including phenoxy) is 4. The van der Waals surface area contributed by atoms with Crippen molar-refractivity contribution in [2.24, 2.45) is 0 Å². The first kappa shape index (κ1) is 41.8. The smallest absolute Gasteiger partial charge is 0.418 e. The first-order valence-corrected chi connectivity index (χ1v) is 19.0. The number of hydrogen-bond acceptors (Lipinski definition) is 10. The number of alkyl halides is 3. The number of halogens is 4. The molecule has 1 atom stereocenters. The highest BCUT2D eigenvalue weighted by Gasteiger charge is 2.41. The number of hydrogen-bond donors (Lipinski definition) is 3. The van der Waals surface area contributed by atoms with Crippen LogP contribution in [0.4, 0.5) is 29.1 Å². The standard InChI is InChI=1S/C44H43F4N5O7/c1-25-19-34(53(20-26-5-11-30(57-2)12-6-26)21-27-7-13-31(58-3)14-8-27)49-39(37(25)44(46,47)48)35-33-17-18-52(41(33)36-40(38(35)45)50-43(56)51-42(36)55)22-29(54)24-60-23-28-9-15-32(59-4)16-10-28/h5-16,19,29,54H,17-18,20-24H2,1-4H3,(H2,50,51,55,56)/t29-/m1/s1. The topological polar surface area (TPSA) is 142 Å². The van der Waals surface area contributed by atoms with Gasteiger partial charge in [-0.3, -0.25) is 9.78 Å². The summed E-state index contributed by atoms with van der Waals surface area (Å²) in [6.07, 6.45) is -6.12. The molecule has 0 radical (unpaired) electrons. The monoisotopic (exact) mass is 829 g/mol. The first-order chi connectivity index (χ1) is 28.8. The summed E-state index contributed by atoms with van der Waals surface area (Å²) in [6, 6.07) is 22.9. The highest BCUT2D eigenvalue weighted by molar-refractivity contribution is 6.00. The van der Waals surface area contributed by atoms with Crippen LogP contribution in [0.25, 0.3) is 22.2 Å². The molecule has 3 heterocycles. The Balaban J connectivity index is 1.33. The average Bonchev–Trinajstić information content (AvgIpc) is 3.62. The zero-order chi connectivity index (χ0) is 42.7. The van der Waals surface area contributed by atoms with E-state index in [1.165, 1.54) is 27.2 Å². The summed E-state index contributed by atoms with van der Waals surface area (Å²) in [5, 5.41) is 10.9. The van der Waals surface area contributed by atoms with E-state index in [0.717, 1.165) is 16.7 Å². The predicted molar refractivity (Wildman–Crippen MR) is 219 cm³/mol. The highest BCUT2D eigenvalue weighted by atomic mass is 19.4. The van der Waals surface area contributed by atoms with Gasteiger partial charge in [0.25, 0.3) is 5.56 Å². The van der Waals surface area contributed by atoms with Gasteiger partial charge in [0, 0.05) is 31.7 Å². The Labute approximate surface area is 341 Å². The molecule has 0 aliphatic carbocycles. The molecule has 4 aromatic carbocycles. The van der Waals surface area contributed by atoms with Crippen LogP contribution in [0.5, 0.6) is 17.2 Å². The van der Waals surface area contributed by atoms with Gasteiger partial charge in [0.1, 0.15) is 23.1 Å². The molecule has 0 spiro atoms. The summed E-state index contributed by atoms with van der Waals surface area (Å²) in [5.74, 6) is 0.792. The van der Waals surface area contributed by atoms with E-state index < -0.39 is 51.7 Å². The Hall–Kier alpha value is -6.39. The number of fused-ring (bicyclic) bond motifs is 3. The van der Waals surface area contributed by atoms with Gasteiger partial charge < -0.3 is 38.8 Å². The number of benzene rings is 4. The van der Waals surface area contributed by atoms with Crippen molar-refractivity contribution in [2.45, 2.75) is 45.3 Å². The van der Waals surface area contributed by atoms with E-state index in [2.05, 4.69) is 15.0 Å². The number of rotatable bonds is 15. The molecule has 0 unspecified atom stereocenters. The van der Waals surface area contributed by atoms with Crippen molar-refractivity contribution >= 4 is 22.4 Å². The van der Waals surface area contributed by atoms with E-state index in [-0.39, 0.29) is 73.8 Å². The number of aromatic nitrogens is 3. The number of H-pyrrole nitrogens is 2. The largest absolute Gasteiger partial charge is 0.497 e. The number of aliphatic hydroxyl groups excluding tert-OH is 1. The van der Waals surface area contributed by atoms with Gasteiger partial charge in [-0.2, -0.15) is 13.2 Å². The van der Waals surface area contributed by atoms with E-state index in [0.29, 0.717) is 17.2 Å². The van der Waals surface area contributed by atoms with Gasteiger partial charge in [-0.25, -0.2) is 14.2 Å². The fourth-order valence-corrected chi connectivity index (χ4v) is 7.60. The molecule has 3 N–H and O–H groups in total. The van der Waals surface area contributed by atoms with E-state index in [1.54, 1.807) is 53.3 Å². The number of methoxy groups -OCH3 is 3. The van der Waals surface area contributed by atoms with Crippen LogP contribution in [0, 0.1) is 12.7 Å². The van der Waals surface area contributed by atoms with Gasteiger partial charge in [0.2, 0.25) is 0 Å². The summed E-state index contributed by atoms with van der Waals surface area (Å²) in [6.45, 7) is 1.71. The summed E-state index contributed by atoms with van der Waals surface area (Å²) >= 11 is 0. The number of pyridine rings is 1. The zero-order valence-electron chi connectivity index (χ0n) is 33.3. The maximum absolute atomic E-state index is 17.1. The summed E-state index contributed by atoms with van der Waals surface area (Å²) < 4.78 is 84.4. The second-order valence-corrected chi connectivity index (χ2v) is 14.5. The van der Waals surface area contributed by atoms with Crippen LogP contribution in [0.15, 0.2) is 88.5 Å². The zero-order valence-corrected chi connectivity index (χ0v) is 33.3. The average molecular weight is 830 g/mol. The predicted octanol–water partition coefficient (Wildman–Crippen LogP) is 6.92. The lowest BCUT2D eigenvalue weighted by Crippen LogP contribution is -2.35. The van der Waals surface area contributed by atoms with Crippen LogP contribution in [-0.4, -0.2) is 67.2 Å². The molecule has 60 heavy (non-hydrogen) atoms. The van der Waals surface area contributed by atoms with E-state index in [9.17, 15) is 14.7 Å². The van der Waals surface area contributed by atoms with E-state index >= 15 is 17.6 Å². The fraction of sp³-hybridized carbons (Fsp3) is 0.295. The summed E-state index contributed by atoms with van der Waals surface area (Å²) in [4.78, 5) is 38.5. The number of anilines is 2. The van der Waals surface area contributed by atoms with Gasteiger partial charge in [0.15, 0.2) is 5.82 Å². The molecule has 16 heteroatoms. The van der Waals surface area contributed by atoms with Gasteiger partial charge in [-0.1, -0.05) is 36.4 Å². The van der Waals surface area contributed by atoms with E-state index in [1.807, 2.05) is 36.4 Å². The molecule has 0 saturated carbocycles. The van der Waals surface area contributed by atoms with Crippen LogP contribution in [0.2, 0.25) is 0 Å². The molecule has 12 nitrogen and oxygen atoms in total. The Morgan fingerprint density at radius 2 is 1.40 bits per heavy atom. The quantitative estimate of drug-likeness (QED) is 0.0935. The molecule has 0 bridgehead atoms. The number of nitrogens with one attached hydrogen (secondary N) is 2. The van der Waals surface area contributed by atoms with E-state index in [4.69, 9.17) is 18.9 Å². The fourth-order valence-electron chi connectivity index (χ4n) is 7.60. The van der Waals surface area contributed by atoms with Crippen LogP contribution < -0.4 is 35.3 Å². The number of β-amino-alcohol motifs (C(OH)–C–C–N with tert-alkyl or cyclic N) is 1. The van der Waals surface area contributed by atoms with Crippen molar-refractivity contribution in [3.05, 3.63) is 139 Å². The van der Waals surface area contributed by atoms with Gasteiger partial charge in [0.05, 0.1) is 68.5 Å². The molecule has 314 valence electrons. The van der Waals surface area contributed by atoms with Crippen LogP contribution in [-0.2, 0) is 37.0 Å². The third-order valence-corrected chi connectivity index (χ3v) is 10.4. The molecule has 0 saturated heterocycles. The van der Waals surface area contributed by atoms with Gasteiger partial charge in [-0.05, 0) is 83.6 Å². The minimum absolute atomic E-state index is 0.000812. The highest BCUT2D eigenvalue weighted by Crippen LogP contribution is 2.47. The molecular formula is C44H43F4N5O7. The molecular weight excluding hydrogens is 787 g/mol. The van der Waals surface area contributed by atoms with Crippen molar-refractivity contribution in [3.8, 4) is 28.5 Å². The second-order valence-electron chi connectivity index (χ2n) is 14.5. The Morgan fingerprint density at radius 1 is 0.850 bits per heavy atom. The lowest BCUT2D eigenvalue weighted by molar-refractivity contribution is -0.137. The minimum atomic E-state index is -4.99. The Kier molecular flexibility index (Phi) is 12.1. The number of nitrogens with zero attached hydrogens (tertiary/aromatic N) is 3. The molecule has 2 aromatic heterocycles. The van der Waals surface area contributed by atoms with Crippen molar-refractivity contribution < 1.29 is 41.6 Å². The van der Waals surface area contributed by atoms with Gasteiger partial charge in [-0.15, -0.1) is 0 Å². The van der Waals surface area contributed by atoms with Crippen LogP contribution >= 0.6 is 0 Å². The van der Waals surface area contributed by atoms with Crippen molar-refractivity contribution in [3.63, 3.8) is 0 Å². The number of aliphatic hydroxyl groups is 1. The third-order valence-electron chi connectivity index (χ3n) is 10.4. The van der Waals surface area contributed by atoms with Crippen molar-refractivity contribution in [1.29, 1.82) is 0 Å². The SMILES string of the molecule is COc1ccc(COC[C@H](O)CN2CCc3c(-c4nc(N(Cc5ccc(OC)cc5)Cc5ccc(OC)cc5)cc(C)c4C(F)(F)F)c(F)c4[nH]c(=O)[nH]c(=O)c4c32)cc1. The molecule has 0 fully saturated rings. The molecule has 7 rings (SSSR count). The van der Waals surface area contributed by atoms with Crippen molar-refractivity contribution in [2.75, 3.05) is 50.8 Å². The first-order valence-electron chi connectivity index (χ1n) is 19.0. The molecule has 6 aromatic rings. The minimum Gasteiger partial charge on any atom is -0.497 e. The maximum Gasteiger partial charge on any atom is 0.418 e. The molecule has 0 amide bonds. The summed E-state index contributed by atoms with van der Waals surface area (Å²) in [5.41, 5.74) is -2.58.